The first-order valence-corrected chi connectivity index (χ1v) is 9.09. The number of imidazole rings is 1. The lowest BCUT2D eigenvalue weighted by Crippen LogP contribution is -2.30. The van der Waals surface area contributed by atoms with E-state index in [-0.39, 0.29) is 23.3 Å². The molecule has 2 aliphatic heterocycles. The number of nitrogens with zero attached hydrogens (tertiary/aromatic N) is 3. The molecule has 2 aliphatic rings. The van der Waals surface area contributed by atoms with Crippen molar-refractivity contribution in [2.45, 2.75) is 25.1 Å². The number of halogens is 2. The maximum atomic E-state index is 13.3. The highest BCUT2D eigenvalue weighted by molar-refractivity contribution is 5.97. The maximum Gasteiger partial charge on any atom is 0.387 e. The van der Waals surface area contributed by atoms with Crippen LogP contribution in [0.3, 0.4) is 0 Å². The van der Waals surface area contributed by atoms with E-state index in [9.17, 15) is 18.4 Å². The van der Waals surface area contributed by atoms with Crippen molar-refractivity contribution in [3.63, 3.8) is 0 Å². The van der Waals surface area contributed by atoms with Crippen LogP contribution < -0.4 is 4.74 Å². The molecule has 0 unspecified atom stereocenters. The van der Waals surface area contributed by atoms with E-state index < -0.39 is 31.6 Å². The van der Waals surface area contributed by atoms with Gasteiger partial charge in [-0.2, -0.15) is 8.78 Å². The molecule has 8 heteroatoms. The first kappa shape index (κ1) is 15.2. The smallest absolute Gasteiger partial charge is 0.387 e. The van der Waals surface area contributed by atoms with Gasteiger partial charge in [0.25, 0.3) is 5.91 Å². The van der Waals surface area contributed by atoms with E-state index in [1.165, 1.54) is 18.2 Å². The molecule has 0 fully saturated rings. The Hall–Kier alpha value is -3.73. The van der Waals surface area contributed by atoms with Crippen LogP contribution >= 0.6 is 0 Å². The Morgan fingerprint density at radius 3 is 2.97 bits per heavy atom. The van der Waals surface area contributed by atoms with Crippen LogP contribution in [0.5, 0.6) is 5.75 Å². The fourth-order valence-corrected chi connectivity index (χ4v) is 4.30. The zero-order valence-electron chi connectivity index (χ0n) is 18.3. The third kappa shape index (κ3) is 2.59. The third-order valence-electron chi connectivity index (χ3n) is 5.42. The number of benzene rings is 2. The number of aldehydes is 1. The van der Waals surface area contributed by atoms with Crippen LogP contribution in [-0.4, -0.2) is 40.2 Å². The topological polar surface area (TPSA) is 64.4 Å². The Morgan fingerprint density at radius 1 is 1.33 bits per heavy atom. The molecule has 3 aromatic rings. The number of ether oxygens (including phenoxy) is 1. The molecule has 5 rings (SSSR count). The number of rotatable bonds is 2. The molecule has 2 bridgehead atoms. The van der Waals surface area contributed by atoms with Crippen LogP contribution in [0.2, 0.25) is 0 Å². The predicted molar refractivity (Wildman–Crippen MR) is 103 cm³/mol. The van der Waals surface area contributed by atoms with Gasteiger partial charge in [0.05, 0.1) is 23.1 Å². The molecule has 3 heterocycles. The lowest BCUT2D eigenvalue weighted by atomic mass is 9.97. The molecule has 1 aromatic heterocycles. The van der Waals surface area contributed by atoms with E-state index in [0.29, 0.717) is 28.7 Å². The summed E-state index contributed by atoms with van der Waals surface area (Å²) in [7, 11) is 0. The molecule has 2 aromatic carbocycles. The quantitative estimate of drug-likeness (QED) is 0.480. The van der Waals surface area contributed by atoms with Crippen molar-refractivity contribution in [2.24, 2.45) is 0 Å². The average Bonchev–Trinajstić information content (AvgIpc) is 3.24. The van der Waals surface area contributed by atoms with E-state index in [1.54, 1.807) is 22.8 Å². The summed E-state index contributed by atoms with van der Waals surface area (Å²) >= 11 is 0. The van der Waals surface area contributed by atoms with Crippen molar-refractivity contribution in [2.75, 3.05) is 6.98 Å². The lowest BCUT2D eigenvalue weighted by molar-refractivity contribution is -0.103. The largest absolute Gasteiger partial charge is 0.434 e. The van der Waals surface area contributed by atoms with E-state index >= 15 is 0 Å². The van der Waals surface area contributed by atoms with Gasteiger partial charge >= 0.3 is 6.61 Å². The van der Waals surface area contributed by atoms with Gasteiger partial charge in [0.15, 0.2) is 6.29 Å². The Bertz CT molecular complexity index is 1370. The summed E-state index contributed by atoms with van der Waals surface area (Å²) in [5.41, 5.74) is 1.79. The van der Waals surface area contributed by atoms with Crippen LogP contribution in [0, 0.1) is 11.8 Å². The summed E-state index contributed by atoms with van der Waals surface area (Å²) in [6.07, 6.45) is 0.593. The molecule has 0 saturated carbocycles. The summed E-state index contributed by atoms with van der Waals surface area (Å²) in [4.78, 5) is 29.3. The molecule has 0 N–H and O–H groups in total. The van der Waals surface area contributed by atoms with Crippen molar-refractivity contribution in [1.82, 2.24) is 14.5 Å². The molecule has 150 valence electrons. The Labute approximate surface area is 174 Å². The standard InChI is InChI=1S/C22H15F2N3O3/c1-26-17-11-16(19-13(21(26)29)5-2-6-18(19)30-22(23)24)27-15-10-12(4-3-9-28)7-8-14(15)25-20(17)27/h2,5-10,16-17,22H,11H2,1H3/t16-,17-/m1/s1/i1D3. The van der Waals surface area contributed by atoms with E-state index in [1.807, 2.05) is 0 Å². The van der Waals surface area contributed by atoms with Crippen molar-refractivity contribution in [3.05, 3.63) is 58.9 Å². The number of aromatic nitrogens is 2. The third-order valence-corrected chi connectivity index (χ3v) is 5.42. The predicted octanol–water partition coefficient (Wildman–Crippen LogP) is 3.31. The highest BCUT2D eigenvalue weighted by Crippen LogP contribution is 2.49. The van der Waals surface area contributed by atoms with Crippen LogP contribution in [0.15, 0.2) is 36.4 Å². The second-order valence-corrected chi connectivity index (χ2v) is 6.97. The number of carbonyl (C=O) groups excluding carboxylic acids is 2. The SMILES string of the molecule is [2H]C([2H])([2H])N1C(=O)c2cccc(OC(F)F)c2[C@H]2C[C@@H]1c1nc3ccc(C#CC=O)cc3n12. The van der Waals surface area contributed by atoms with Gasteiger partial charge in [-0.15, -0.1) is 0 Å². The van der Waals surface area contributed by atoms with Crippen LogP contribution in [0.1, 0.15) is 49.9 Å². The monoisotopic (exact) mass is 410 g/mol. The number of alkyl halides is 2. The van der Waals surface area contributed by atoms with E-state index in [2.05, 4.69) is 16.8 Å². The minimum Gasteiger partial charge on any atom is -0.434 e. The normalized spacial score (nSPS) is 21.1. The molecule has 6 nitrogen and oxygen atoms in total. The zero-order valence-corrected chi connectivity index (χ0v) is 15.3. The van der Waals surface area contributed by atoms with E-state index in [0.717, 1.165) is 4.90 Å². The van der Waals surface area contributed by atoms with Crippen molar-refractivity contribution in [1.29, 1.82) is 0 Å². The molecule has 1 amide bonds. The molecular weight excluding hydrogens is 392 g/mol. The van der Waals surface area contributed by atoms with Gasteiger partial charge < -0.3 is 14.2 Å². The lowest BCUT2D eigenvalue weighted by Gasteiger charge is -2.24. The van der Waals surface area contributed by atoms with Gasteiger partial charge in [0.2, 0.25) is 0 Å². The molecule has 0 radical (unpaired) electrons. The molecule has 30 heavy (non-hydrogen) atoms. The average molecular weight is 410 g/mol. The second-order valence-electron chi connectivity index (χ2n) is 6.97. The van der Waals surface area contributed by atoms with Gasteiger partial charge in [0.1, 0.15) is 11.6 Å². The summed E-state index contributed by atoms with van der Waals surface area (Å²) in [6, 6.07) is 7.57. The minimum atomic E-state index is -3.13. The summed E-state index contributed by atoms with van der Waals surface area (Å²) in [5.74, 6) is 4.37. The van der Waals surface area contributed by atoms with Crippen LogP contribution in [-0.2, 0) is 4.79 Å². The van der Waals surface area contributed by atoms with Gasteiger partial charge in [-0.25, -0.2) is 4.98 Å². The molecule has 0 aliphatic carbocycles. The number of hydrogen-bond acceptors (Lipinski definition) is 4. The molecule has 0 spiro atoms. The van der Waals surface area contributed by atoms with Gasteiger partial charge in [-0.3, -0.25) is 9.59 Å². The number of hydrogen-bond donors (Lipinski definition) is 0. The van der Waals surface area contributed by atoms with Gasteiger partial charge in [0, 0.05) is 34.2 Å². The fourth-order valence-electron chi connectivity index (χ4n) is 4.30. The first-order chi connectivity index (χ1) is 15.7. The van der Waals surface area contributed by atoms with Gasteiger partial charge in [-0.05, 0) is 36.3 Å². The van der Waals surface area contributed by atoms with Crippen LogP contribution in [0.25, 0.3) is 11.0 Å². The highest BCUT2D eigenvalue weighted by Gasteiger charge is 2.44. The maximum absolute atomic E-state index is 13.3. The minimum absolute atomic E-state index is 0.0128. The number of amides is 1. The molecule has 0 saturated heterocycles. The highest BCUT2D eigenvalue weighted by atomic mass is 19.3. The fraction of sp³-hybridized carbons (Fsp3) is 0.227. The van der Waals surface area contributed by atoms with Crippen molar-refractivity contribution < 1.29 is 27.2 Å². The number of carbonyl (C=O) groups is 2. The Morgan fingerprint density at radius 2 is 2.20 bits per heavy atom. The van der Waals surface area contributed by atoms with Crippen molar-refractivity contribution >= 4 is 23.2 Å². The first-order valence-electron chi connectivity index (χ1n) is 10.6. The Kier molecular flexibility index (Phi) is 3.37. The van der Waals surface area contributed by atoms with Crippen molar-refractivity contribution in [3.8, 4) is 17.6 Å². The van der Waals surface area contributed by atoms with Crippen LogP contribution in [0.4, 0.5) is 8.78 Å². The van der Waals surface area contributed by atoms with Gasteiger partial charge in [-0.1, -0.05) is 12.0 Å². The molecule has 2 atom stereocenters. The Balaban J connectivity index is 1.82. The summed E-state index contributed by atoms with van der Waals surface area (Å²) in [5, 5.41) is 0. The summed E-state index contributed by atoms with van der Waals surface area (Å²) in [6.45, 7) is -5.92. The zero-order chi connectivity index (χ0) is 23.5. The summed E-state index contributed by atoms with van der Waals surface area (Å²) < 4.78 is 56.8. The van der Waals surface area contributed by atoms with E-state index in [4.69, 9.17) is 8.85 Å². The second kappa shape index (κ2) is 6.66. The number of fused-ring (bicyclic) bond motifs is 9. The molecular formula is C22H15F2N3O3.